The van der Waals surface area contributed by atoms with Crippen LogP contribution in [0.25, 0.3) is 33.2 Å². The van der Waals surface area contributed by atoms with Crippen molar-refractivity contribution in [3.63, 3.8) is 0 Å². The van der Waals surface area contributed by atoms with Crippen molar-refractivity contribution in [2.45, 2.75) is 6.92 Å². The maximum atomic E-state index is 13.5. The molecule has 0 N–H and O–H groups in total. The first kappa shape index (κ1) is 19.2. The molecule has 0 saturated heterocycles. The van der Waals surface area contributed by atoms with Crippen LogP contribution < -0.4 is 9.47 Å². The fraction of sp³-hybridized carbons (Fsp3) is 0.125. The Morgan fingerprint density at radius 1 is 0.862 bits per heavy atom. The monoisotopic (exact) mass is 407 g/mol. The zero-order valence-electron chi connectivity index (χ0n) is 16.3. The minimum absolute atomic E-state index is 0.330. The van der Waals surface area contributed by atoms with Crippen LogP contribution in [0.5, 0.6) is 11.5 Å². The summed E-state index contributed by atoms with van der Waals surface area (Å²) < 4.78 is 24.1. The van der Waals surface area contributed by atoms with Crippen molar-refractivity contribution in [1.29, 1.82) is 0 Å². The second kappa shape index (κ2) is 7.72. The average Bonchev–Trinajstić information content (AvgIpc) is 2.73. The molecule has 29 heavy (non-hydrogen) atoms. The molecule has 0 amide bonds. The summed E-state index contributed by atoms with van der Waals surface area (Å²) in [7, 11) is 3.16. The highest BCUT2D eigenvalue weighted by molar-refractivity contribution is 6.38. The maximum Gasteiger partial charge on any atom is 0.129 e. The number of nitrogens with zero attached hydrogens (tertiary/aromatic N) is 1. The Balaban J connectivity index is 1.79. The lowest BCUT2D eigenvalue weighted by Crippen LogP contribution is -1.93. The van der Waals surface area contributed by atoms with Gasteiger partial charge in [-0.2, -0.15) is 0 Å². The third kappa shape index (κ3) is 3.52. The highest BCUT2D eigenvalue weighted by atomic mass is 35.5. The molecule has 0 aliphatic heterocycles. The standard InChI is InChI=1S/C24H19ClFNO2/c1-14-23(24(25)20-11-9-18(28-2)13-21(20)27-14)16-6-4-15(5-7-16)19-10-8-17(26)12-22(19)29-3/h4-13H,1-3H3. The van der Waals surface area contributed by atoms with Crippen molar-refractivity contribution in [3.05, 3.63) is 77.2 Å². The first-order valence-electron chi connectivity index (χ1n) is 9.10. The third-order valence-corrected chi connectivity index (χ3v) is 5.35. The largest absolute Gasteiger partial charge is 0.497 e. The predicted molar refractivity (Wildman–Crippen MR) is 115 cm³/mol. The van der Waals surface area contributed by atoms with E-state index in [2.05, 4.69) is 0 Å². The van der Waals surface area contributed by atoms with Crippen molar-refractivity contribution in [2.75, 3.05) is 14.2 Å². The highest BCUT2D eigenvalue weighted by Gasteiger charge is 2.14. The Morgan fingerprint density at radius 2 is 1.59 bits per heavy atom. The van der Waals surface area contributed by atoms with Crippen molar-refractivity contribution >= 4 is 22.5 Å². The van der Waals surface area contributed by atoms with Gasteiger partial charge in [0, 0.05) is 34.3 Å². The molecule has 0 unspecified atom stereocenters. The lowest BCUT2D eigenvalue weighted by atomic mass is 9.98. The molecule has 0 fully saturated rings. The first-order valence-corrected chi connectivity index (χ1v) is 9.48. The number of ether oxygens (including phenoxy) is 2. The predicted octanol–water partition coefficient (Wildman–Crippen LogP) is 6.69. The maximum absolute atomic E-state index is 13.5. The Labute approximate surface area is 173 Å². The Kier molecular flexibility index (Phi) is 5.12. The van der Waals surface area contributed by atoms with Gasteiger partial charge in [-0.25, -0.2) is 4.39 Å². The fourth-order valence-electron chi connectivity index (χ4n) is 3.50. The van der Waals surface area contributed by atoms with Crippen LogP contribution in [-0.2, 0) is 0 Å². The number of halogens is 2. The molecule has 0 radical (unpaired) electrons. The van der Waals surface area contributed by atoms with Gasteiger partial charge in [-0.1, -0.05) is 35.9 Å². The van der Waals surface area contributed by atoms with Crippen LogP contribution >= 0.6 is 11.6 Å². The van der Waals surface area contributed by atoms with Gasteiger partial charge in [-0.05, 0) is 42.3 Å². The minimum atomic E-state index is -0.330. The molecule has 0 bridgehead atoms. The third-order valence-electron chi connectivity index (χ3n) is 4.96. The number of rotatable bonds is 4. The molecule has 0 aliphatic rings. The Hall–Kier alpha value is -3.11. The normalized spacial score (nSPS) is 10.9. The van der Waals surface area contributed by atoms with Crippen LogP contribution in [0.15, 0.2) is 60.7 Å². The molecule has 3 aromatic carbocycles. The van der Waals surface area contributed by atoms with Crippen molar-refractivity contribution in [3.8, 4) is 33.8 Å². The second-order valence-electron chi connectivity index (χ2n) is 6.69. The van der Waals surface area contributed by atoms with Gasteiger partial charge >= 0.3 is 0 Å². The molecule has 0 atom stereocenters. The minimum Gasteiger partial charge on any atom is -0.497 e. The van der Waals surface area contributed by atoms with Crippen molar-refractivity contribution < 1.29 is 13.9 Å². The number of hydrogen-bond acceptors (Lipinski definition) is 3. The average molecular weight is 408 g/mol. The van der Waals surface area contributed by atoms with Crippen molar-refractivity contribution in [2.24, 2.45) is 0 Å². The SMILES string of the molecule is COc1ccc2c(Cl)c(-c3ccc(-c4ccc(F)cc4OC)cc3)c(C)nc2c1. The molecule has 146 valence electrons. The molecular formula is C24H19ClFNO2. The van der Waals surface area contributed by atoms with E-state index in [4.69, 9.17) is 26.1 Å². The number of pyridine rings is 1. The van der Waals surface area contributed by atoms with Crippen LogP contribution in [0.3, 0.4) is 0 Å². The van der Waals surface area contributed by atoms with E-state index in [1.54, 1.807) is 13.2 Å². The fourth-order valence-corrected chi connectivity index (χ4v) is 3.91. The van der Waals surface area contributed by atoms with Gasteiger partial charge in [0.25, 0.3) is 0 Å². The van der Waals surface area contributed by atoms with E-state index in [0.717, 1.165) is 44.6 Å². The van der Waals surface area contributed by atoms with E-state index < -0.39 is 0 Å². The highest BCUT2D eigenvalue weighted by Crippen LogP contribution is 2.38. The number of aromatic nitrogens is 1. The summed E-state index contributed by atoms with van der Waals surface area (Å²) in [5, 5.41) is 1.53. The van der Waals surface area contributed by atoms with E-state index >= 15 is 0 Å². The van der Waals surface area contributed by atoms with E-state index in [9.17, 15) is 4.39 Å². The summed E-state index contributed by atoms with van der Waals surface area (Å²) >= 11 is 6.76. The Morgan fingerprint density at radius 3 is 2.28 bits per heavy atom. The summed E-state index contributed by atoms with van der Waals surface area (Å²) in [5.41, 5.74) is 5.24. The zero-order chi connectivity index (χ0) is 20.5. The second-order valence-corrected chi connectivity index (χ2v) is 7.07. The van der Waals surface area contributed by atoms with Crippen LogP contribution in [0.4, 0.5) is 4.39 Å². The number of aryl methyl sites for hydroxylation is 1. The molecule has 4 aromatic rings. The van der Waals surface area contributed by atoms with Crippen LogP contribution in [0.2, 0.25) is 5.02 Å². The van der Waals surface area contributed by atoms with Crippen LogP contribution in [-0.4, -0.2) is 19.2 Å². The summed E-state index contributed by atoms with van der Waals surface area (Å²) in [5.74, 6) is 0.905. The molecule has 1 heterocycles. The number of fused-ring (bicyclic) bond motifs is 1. The van der Waals surface area contributed by atoms with Gasteiger partial charge in [0.15, 0.2) is 0 Å². The summed E-state index contributed by atoms with van der Waals surface area (Å²) in [4.78, 5) is 4.71. The molecule has 4 rings (SSSR count). The summed E-state index contributed by atoms with van der Waals surface area (Å²) in [6.07, 6.45) is 0. The van der Waals surface area contributed by atoms with E-state index in [0.29, 0.717) is 10.8 Å². The van der Waals surface area contributed by atoms with Crippen molar-refractivity contribution in [1.82, 2.24) is 4.98 Å². The van der Waals surface area contributed by atoms with Gasteiger partial charge in [-0.15, -0.1) is 0 Å². The Bertz CT molecular complexity index is 1210. The van der Waals surface area contributed by atoms with Gasteiger partial charge in [0.05, 0.1) is 24.8 Å². The van der Waals surface area contributed by atoms with Gasteiger partial charge in [0.2, 0.25) is 0 Å². The van der Waals surface area contributed by atoms with Crippen LogP contribution in [0.1, 0.15) is 5.69 Å². The van der Waals surface area contributed by atoms with E-state index in [1.165, 1.54) is 19.2 Å². The molecule has 3 nitrogen and oxygen atoms in total. The zero-order valence-corrected chi connectivity index (χ0v) is 17.0. The van der Waals surface area contributed by atoms with Gasteiger partial charge in [-0.3, -0.25) is 4.98 Å². The lowest BCUT2D eigenvalue weighted by Gasteiger charge is -2.13. The topological polar surface area (TPSA) is 31.4 Å². The lowest BCUT2D eigenvalue weighted by molar-refractivity contribution is 0.413. The number of benzene rings is 3. The summed E-state index contributed by atoms with van der Waals surface area (Å²) in [6.45, 7) is 1.94. The first-order chi connectivity index (χ1) is 14.0. The molecular weight excluding hydrogens is 389 g/mol. The van der Waals surface area contributed by atoms with Gasteiger partial charge < -0.3 is 9.47 Å². The number of methoxy groups -OCH3 is 2. The number of hydrogen-bond donors (Lipinski definition) is 0. The molecule has 5 heteroatoms. The molecule has 0 aliphatic carbocycles. The summed E-state index contributed by atoms with van der Waals surface area (Å²) in [6, 6.07) is 18.1. The van der Waals surface area contributed by atoms with Gasteiger partial charge in [0.1, 0.15) is 17.3 Å². The van der Waals surface area contributed by atoms with E-state index in [1.807, 2.05) is 49.4 Å². The van der Waals surface area contributed by atoms with Crippen LogP contribution in [0, 0.1) is 12.7 Å². The molecule has 0 spiro atoms. The smallest absolute Gasteiger partial charge is 0.129 e. The van der Waals surface area contributed by atoms with E-state index in [-0.39, 0.29) is 5.82 Å². The molecule has 0 saturated carbocycles. The quantitative estimate of drug-likeness (QED) is 0.377. The molecule has 1 aromatic heterocycles.